The van der Waals surface area contributed by atoms with Crippen LogP contribution >= 0.6 is 0 Å². The molecule has 1 aromatic heterocycles. The quantitative estimate of drug-likeness (QED) is 0.553. The van der Waals surface area contributed by atoms with Gasteiger partial charge in [-0.15, -0.1) is 0 Å². The molecule has 2 amide bonds. The number of rotatable bonds is 3. The van der Waals surface area contributed by atoms with Gasteiger partial charge in [0.25, 0.3) is 0 Å². The lowest BCUT2D eigenvalue weighted by molar-refractivity contribution is -0.138. The van der Waals surface area contributed by atoms with Crippen molar-refractivity contribution in [2.75, 3.05) is 33.3 Å². The standard InChI is InChI=1S/C27H28F3N5O2/c1-34-13-19(18-4-2-3-5-21(18)27(28,29)30)23(15-34)31-26(36)35-10-8-22-20(14-35)25(33-32-22)17-6-7-24-16(12-17)9-11-37-24/h2-7,12,19,23H,8-11,13-15H2,1H3,(H,31,36)(H,32,33). The first-order valence-corrected chi connectivity index (χ1v) is 12.5. The van der Waals surface area contributed by atoms with Gasteiger partial charge in [0.05, 0.1) is 30.5 Å². The minimum Gasteiger partial charge on any atom is -0.493 e. The number of aromatic amines is 1. The monoisotopic (exact) mass is 511 g/mol. The summed E-state index contributed by atoms with van der Waals surface area (Å²) in [6.07, 6.45) is -2.95. The van der Waals surface area contributed by atoms with Crippen molar-refractivity contribution in [1.82, 2.24) is 25.3 Å². The second kappa shape index (κ2) is 9.09. The number of nitrogens with zero attached hydrogens (tertiary/aromatic N) is 3. The molecule has 2 atom stereocenters. The Hall–Kier alpha value is -3.53. The molecule has 3 aromatic rings. The molecule has 2 aromatic carbocycles. The molecule has 1 fully saturated rings. The number of nitrogens with one attached hydrogen (secondary N) is 2. The van der Waals surface area contributed by atoms with E-state index in [2.05, 4.69) is 21.6 Å². The molecule has 2 unspecified atom stereocenters. The number of ether oxygens (including phenoxy) is 1. The molecule has 7 nitrogen and oxygen atoms in total. The molecular weight excluding hydrogens is 483 g/mol. The Morgan fingerprint density at radius 2 is 2.00 bits per heavy atom. The molecule has 4 heterocycles. The largest absolute Gasteiger partial charge is 0.493 e. The molecule has 0 radical (unpaired) electrons. The summed E-state index contributed by atoms with van der Waals surface area (Å²) in [5.74, 6) is 0.447. The third kappa shape index (κ3) is 4.43. The highest BCUT2D eigenvalue weighted by molar-refractivity contribution is 5.76. The van der Waals surface area contributed by atoms with Crippen molar-refractivity contribution in [1.29, 1.82) is 0 Å². The van der Waals surface area contributed by atoms with Gasteiger partial charge in [0, 0.05) is 55.2 Å². The van der Waals surface area contributed by atoms with Crippen molar-refractivity contribution >= 4 is 6.03 Å². The highest BCUT2D eigenvalue weighted by atomic mass is 19.4. The Labute approximate surface area is 212 Å². The van der Waals surface area contributed by atoms with Gasteiger partial charge < -0.3 is 19.9 Å². The average molecular weight is 512 g/mol. The normalized spacial score (nSPS) is 21.5. The zero-order valence-electron chi connectivity index (χ0n) is 20.4. The van der Waals surface area contributed by atoms with Crippen molar-refractivity contribution in [3.05, 3.63) is 70.4 Å². The number of carbonyl (C=O) groups excluding carboxylic acids is 1. The Kier molecular flexibility index (Phi) is 5.86. The van der Waals surface area contributed by atoms with Gasteiger partial charge in [-0.3, -0.25) is 5.10 Å². The van der Waals surface area contributed by atoms with Crippen molar-refractivity contribution in [2.24, 2.45) is 0 Å². The summed E-state index contributed by atoms with van der Waals surface area (Å²) >= 11 is 0. The number of fused-ring (bicyclic) bond motifs is 2. The summed E-state index contributed by atoms with van der Waals surface area (Å²) in [7, 11) is 1.86. The number of likely N-dealkylation sites (N-methyl/N-ethyl adjacent to an activating group) is 1. The average Bonchev–Trinajstić information content (AvgIpc) is 3.60. The third-order valence-corrected chi connectivity index (χ3v) is 7.66. The summed E-state index contributed by atoms with van der Waals surface area (Å²) in [5, 5.41) is 10.7. The van der Waals surface area contributed by atoms with E-state index in [0.717, 1.165) is 46.3 Å². The Balaban J connectivity index is 1.21. The summed E-state index contributed by atoms with van der Waals surface area (Å²) in [6.45, 7) is 2.49. The first-order valence-electron chi connectivity index (χ1n) is 12.5. The van der Waals surface area contributed by atoms with Crippen LogP contribution in [-0.2, 0) is 25.6 Å². The minimum absolute atomic E-state index is 0.225. The number of hydrogen-bond acceptors (Lipinski definition) is 4. The van der Waals surface area contributed by atoms with E-state index in [1.807, 2.05) is 24.1 Å². The zero-order valence-corrected chi connectivity index (χ0v) is 20.4. The highest BCUT2D eigenvalue weighted by Crippen LogP contribution is 2.38. The van der Waals surface area contributed by atoms with Crippen LogP contribution < -0.4 is 10.1 Å². The first kappa shape index (κ1) is 23.8. The molecule has 194 valence electrons. The SMILES string of the molecule is CN1CC(NC(=O)N2CCc3[nH]nc(-c4ccc5c(c4)CCO5)c3C2)C(c2ccccc2C(F)(F)F)C1. The van der Waals surface area contributed by atoms with E-state index in [-0.39, 0.29) is 11.6 Å². The van der Waals surface area contributed by atoms with E-state index < -0.39 is 23.7 Å². The lowest BCUT2D eigenvalue weighted by atomic mass is 9.90. The summed E-state index contributed by atoms with van der Waals surface area (Å²) in [6, 6.07) is 11.0. The predicted molar refractivity (Wildman–Crippen MR) is 131 cm³/mol. The van der Waals surface area contributed by atoms with Gasteiger partial charge in [-0.05, 0) is 42.4 Å². The number of aromatic nitrogens is 2. The number of alkyl halides is 3. The number of benzene rings is 2. The number of H-pyrrole nitrogens is 1. The maximum Gasteiger partial charge on any atom is 0.416 e. The van der Waals surface area contributed by atoms with Crippen LogP contribution in [0.15, 0.2) is 42.5 Å². The molecule has 37 heavy (non-hydrogen) atoms. The van der Waals surface area contributed by atoms with Gasteiger partial charge in [-0.25, -0.2) is 4.79 Å². The van der Waals surface area contributed by atoms with Crippen molar-refractivity contribution < 1.29 is 22.7 Å². The Morgan fingerprint density at radius 3 is 2.84 bits per heavy atom. The highest BCUT2D eigenvalue weighted by Gasteiger charge is 2.41. The number of halogens is 3. The molecule has 10 heteroatoms. The summed E-state index contributed by atoms with van der Waals surface area (Å²) in [5.41, 5.74) is 4.51. The minimum atomic E-state index is -4.45. The number of likely N-dealkylation sites (tertiary alicyclic amines) is 1. The van der Waals surface area contributed by atoms with E-state index in [1.54, 1.807) is 11.0 Å². The van der Waals surface area contributed by atoms with Gasteiger partial charge in [0.1, 0.15) is 5.75 Å². The van der Waals surface area contributed by atoms with Crippen LogP contribution in [0.25, 0.3) is 11.3 Å². The summed E-state index contributed by atoms with van der Waals surface area (Å²) < 4.78 is 46.8. The Bertz CT molecular complexity index is 1340. The van der Waals surface area contributed by atoms with Crippen LogP contribution in [0.1, 0.15) is 33.9 Å². The molecule has 0 bridgehead atoms. The molecular formula is C27H28F3N5O2. The number of amides is 2. The van der Waals surface area contributed by atoms with Gasteiger partial charge in [-0.1, -0.05) is 18.2 Å². The maximum absolute atomic E-state index is 13.7. The zero-order chi connectivity index (χ0) is 25.7. The first-order chi connectivity index (χ1) is 17.8. The van der Waals surface area contributed by atoms with Crippen LogP contribution in [0.2, 0.25) is 0 Å². The van der Waals surface area contributed by atoms with Gasteiger partial charge in [0.15, 0.2) is 0 Å². The predicted octanol–water partition coefficient (Wildman–Crippen LogP) is 4.20. The molecule has 0 spiro atoms. The number of hydrogen-bond donors (Lipinski definition) is 2. The third-order valence-electron chi connectivity index (χ3n) is 7.66. The van der Waals surface area contributed by atoms with Crippen LogP contribution in [0, 0.1) is 0 Å². The van der Waals surface area contributed by atoms with Gasteiger partial charge in [-0.2, -0.15) is 18.3 Å². The van der Waals surface area contributed by atoms with Gasteiger partial charge in [0.2, 0.25) is 0 Å². The fraction of sp³-hybridized carbons (Fsp3) is 0.407. The maximum atomic E-state index is 13.7. The summed E-state index contributed by atoms with van der Waals surface area (Å²) in [4.78, 5) is 17.1. The van der Waals surface area contributed by atoms with Crippen molar-refractivity contribution in [3.8, 4) is 17.0 Å². The molecule has 6 rings (SSSR count). The van der Waals surface area contributed by atoms with Crippen LogP contribution in [0.4, 0.5) is 18.0 Å². The second-order valence-electron chi connectivity index (χ2n) is 10.1. The van der Waals surface area contributed by atoms with E-state index in [4.69, 9.17) is 4.74 Å². The molecule has 3 aliphatic rings. The van der Waals surface area contributed by atoms with Gasteiger partial charge >= 0.3 is 12.2 Å². The molecule has 0 aliphatic carbocycles. The van der Waals surface area contributed by atoms with Crippen LogP contribution in [-0.4, -0.2) is 65.4 Å². The smallest absolute Gasteiger partial charge is 0.416 e. The second-order valence-corrected chi connectivity index (χ2v) is 10.1. The van der Waals surface area contributed by atoms with Crippen molar-refractivity contribution in [3.63, 3.8) is 0 Å². The van der Waals surface area contributed by atoms with E-state index in [0.29, 0.717) is 39.2 Å². The van der Waals surface area contributed by atoms with Crippen LogP contribution in [0.3, 0.4) is 0 Å². The van der Waals surface area contributed by atoms with E-state index >= 15 is 0 Å². The molecule has 2 N–H and O–H groups in total. The topological polar surface area (TPSA) is 73.5 Å². The number of carbonyl (C=O) groups is 1. The van der Waals surface area contributed by atoms with E-state index in [9.17, 15) is 18.0 Å². The number of urea groups is 1. The van der Waals surface area contributed by atoms with E-state index in [1.165, 1.54) is 12.1 Å². The Morgan fingerprint density at radius 1 is 1.16 bits per heavy atom. The fourth-order valence-electron chi connectivity index (χ4n) is 5.83. The lowest BCUT2D eigenvalue weighted by Crippen LogP contribution is -2.48. The molecule has 1 saturated heterocycles. The van der Waals surface area contributed by atoms with Crippen LogP contribution in [0.5, 0.6) is 5.75 Å². The van der Waals surface area contributed by atoms with Crippen molar-refractivity contribution in [2.45, 2.75) is 37.5 Å². The lowest BCUT2D eigenvalue weighted by Gasteiger charge is -2.30. The fourth-order valence-corrected chi connectivity index (χ4v) is 5.83. The molecule has 3 aliphatic heterocycles. The molecule has 0 saturated carbocycles.